The summed E-state index contributed by atoms with van der Waals surface area (Å²) >= 11 is 3.46. The molecule has 0 aliphatic carbocycles. The second kappa shape index (κ2) is 7.70. The standard InChI is InChI=1S/C17H28BrN3/c1-4-17(3,21-10-6-7-11-21)16(19-5-2)12-15-9-8-14(18)13-20-15/h8-9,13,16,19H,4-7,10-12H2,1-3H3. The molecule has 0 radical (unpaired) electrons. The lowest BCUT2D eigenvalue weighted by molar-refractivity contribution is 0.0843. The van der Waals surface area contributed by atoms with Crippen LogP contribution in [0, 0.1) is 0 Å². The van der Waals surface area contributed by atoms with E-state index in [1.807, 2.05) is 6.20 Å². The number of rotatable bonds is 7. The van der Waals surface area contributed by atoms with Gasteiger partial charge in [-0.15, -0.1) is 0 Å². The van der Waals surface area contributed by atoms with Gasteiger partial charge in [0, 0.05) is 34.4 Å². The highest BCUT2D eigenvalue weighted by atomic mass is 79.9. The summed E-state index contributed by atoms with van der Waals surface area (Å²) in [7, 11) is 0. The molecule has 4 heteroatoms. The number of nitrogens with one attached hydrogen (secondary N) is 1. The molecule has 1 saturated heterocycles. The van der Waals surface area contributed by atoms with E-state index in [9.17, 15) is 0 Å². The van der Waals surface area contributed by atoms with Gasteiger partial charge in [0.2, 0.25) is 0 Å². The Bertz CT molecular complexity index is 428. The Morgan fingerprint density at radius 3 is 2.57 bits per heavy atom. The van der Waals surface area contributed by atoms with Crippen LogP contribution in [0.3, 0.4) is 0 Å². The van der Waals surface area contributed by atoms with Crippen LogP contribution in [0.4, 0.5) is 0 Å². The van der Waals surface area contributed by atoms with Crippen LogP contribution in [0.5, 0.6) is 0 Å². The van der Waals surface area contributed by atoms with E-state index in [1.165, 1.54) is 38.0 Å². The average Bonchev–Trinajstić information content (AvgIpc) is 3.03. The van der Waals surface area contributed by atoms with Crippen LogP contribution in [0.1, 0.15) is 45.7 Å². The topological polar surface area (TPSA) is 28.2 Å². The van der Waals surface area contributed by atoms with E-state index in [0.29, 0.717) is 6.04 Å². The second-order valence-electron chi connectivity index (χ2n) is 6.19. The molecule has 2 atom stereocenters. The van der Waals surface area contributed by atoms with E-state index < -0.39 is 0 Å². The molecule has 0 spiro atoms. The number of aromatic nitrogens is 1. The number of halogens is 1. The summed E-state index contributed by atoms with van der Waals surface area (Å²) in [6.07, 6.45) is 6.73. The van der Waals surface area contributed by atoms with Gasteiger partial charge in [0.15, 0.2) is 0 Å². The molecule has 1 aromatic heterocycles. The Labute approximate surface area is 137 Å². The predicted molar refractivity (Wildman–Crippen MR) is 92.6 cm³/mol. The van der Waals surface area contributed by atoms with Crippen LogP contribution >= 0.6 is 15.9 Å². The van der Waals surface area contributed by atoms with Crippen molar-refractivity contribution in [1.29, 1.82) is 0 Å². The molecule has 1 N–H and O–H groups in total. The summed E-state index contributed by atoms with van der Waals surface area (Å²) in [5.41, 5.74) is 1.38. The van der Waals surface area contributed by atoms with Gasteiger partial charge in [-0.1, -0.05) is 13.8 Å². The molecule has 118 valence electrons. The molecular formula is C17H28BrN3. The highest BCUT2D eigenvalue weighted by Gasteiger charge is 2.39. The number of hydrogen-bond donors (Lipinski definition) is 1. The van der Waals surface area contributed by atoms with Crippen molar-refractivity contribution >= 4 is 15.9 Å². The SMILES string of the molecule is CCNC(Cc1ccc(Br)cn1)C(C)(CC)N1CCCC1. The Morgan fingerprint density at radius 1 is 1.33 bits per heavy atom. The summed E-state index contributed by atoms with van der Waals surface area (Å²) in [5, 5.41) is 3.72. The van der Waals surface area contributed by atoms with Gasteiger partial charge in [-0.25, -0.2) is 0 Å². The first-order valence-corrected chi connectivity index (χ1v) is 8.98. The number of nitrogens with zero attached hydrogens (tertiary/aromatic N) is 2. The van der Waals surface area contributed by atoms with Crippen molar-refractivity contribution < 1.29 is 0 Å². The summed E-state index contributed by atoms with van der Waals surface area (Å²) in [6, 6.07) is 4.66. The normalized spacial score (nSPS) is 20.4. The molecule has 1 aromatic rings. The van der Waals surface area contributed by atoms with Crippen LogP contribution in [0.25, 0.3) is 0 Å². The van der Waals surface area contributed by atoms with Crippen LogP contribution in [0.2, 0.25) is 0 Å². The third-order valence-corrected chi connectivity index (χ3v) is 5.42. The van der Waals surface area contributed by atoms with Gasteiger partial charge in [-0.2, -0.15) is 0 Å². The average molecular weight is 354 g/mol. The summed E-state index contributed by atoms with van der Waals surface area (Å²) in [6.45, 7) is 10.4. The van der Waals surface area contributed by atoms with Crippen molar-refractivity contribution in [3.63, 3.8) is 0 Å². The third kappa shape index (κ3) is 4.05. The minimum Gasteiger partial charge on any atom is -0.312 e. The molecule has 0 bridgehead atoms. The maximum atomic E-state index is 4.57. The Morgan fingerprint density at radius 2 is 2.05 bits per heavy atom. The zero-order valence-corrected chi connectivity index (χ0v) is 15.1. The van der Waals surface area contributed by atoms with Crippen LogP contribution in [0.15, 0.2) is 22.8 Å². The van der Waals surface area contributed by atoms with Crippen molar-refractivity contribution in [2.75, 3.05) is 19.6 Å². The van der Waals surface area contributed by atoms with Gasteiger partial charge < -0.3 is 5.32 Å². The first-order valence-electron chi connectivity index (χ1n) is 8.19. The fraction of sp³-hybridized carbons (Fsp3) is 0.706. The van der Waals surface area contributed by atoms with Crippen molar-refractivity contribution in [2.24, 2.45) is 0 Å². The lowest BCUT2D eigenvalue weighted by Gasteiger charge is -2.45. The van der Waals surface area contributed by atoms with Crippen LogP contribution in [-0.2, 0) is 6.42 Å². The Balaban J connectivity index is 2.17. The minimum absolute atomic E-state index is 0.210. The largest absolute Gasteiger partial charge is 0.312 e. The Hall–Kier alpha value is -0.450. The van der Waals surface area contributed by atoms with Gasteiger partial charge in [0.1, 0.15) is 0 Å². The highest BCUT2D eigenvalue weighted by molar-refractivity contribution is 9.10. The van der Waals surface area contributed by atoms with Crippen LogP contribution < -0.4 is 5.32 Å². The van der Waals surface area contributed by atoms with E-state index >= 15 is 0 Å². The number of likely N-dealkylation sites (N-methyl/N-ethyl adjacent to an activating group) is 1. The quantitative estimate of drug-likeness (QED) is 0.811. The second-order valence-corrected chi connectivity index (χ2v) is 7.10. The third-order valence-electron chi connectivity index (χ3n) is 4.95. The van der Waals surface area contributed by atoms with Gasteiger partial charge in [-0.3, -0.25) is 9.88 Å². The molecule has 2 rings (SSSR count). The molecule has 0 amide bonds. The van der Waals surface area contributed by atoms with Gasteiger partial charge >= 0.3 is 0 Å². The molecule has 0 aromatic carbocycles. The molecule has 21 heavy (non-hydrogen) atoms. The van der Waals surface area contributed by atoms with E-state index in [2.05, 4.69) is 64.0 Å². The summed E-state index contributed by atoms with van der Waals surface area (Å²) in [4.78, 5) is 7.25. The predicted octanol–water partition coefficient (Wildman–Crippen LogP) is 3.63. The fourth-order valence-electron chi connectivity index (χ4n) is 3.41. The van der Waals surface area contributed by atoms with Crippen molar-refractivity contribution in [1.82, 2.24) is 15.2 Å². The highest BCUT2D eigenvalue weighted by Crippen LogP contribution is 2.29. The maximum Gasteiger partial charge on any atom is 0.0420 e. The molecule has 0 saturated carbocycles. The smallest absolute Gasteiger partial charge is 0.0420 e. The lowest BCUT2D eigenvalue weighted by atomic mass is 9.84. The first kappa shape index (κ1) is 16.9. The van der Waals surface area contributed by atoms with E-state index in [4.69, 9.17) is 0 Å². The minimum atomic E-state index is 0.210. The summed E-state index contributed by atoms with van der Waals surface area (Å²) < 4.78 is 1.05. The van der Waals surface area contributed by atoms with Gasteiger partial charge in [0.25, 0.3) is 0 Å². The molecular weight excluding hydrogens is 326 g/mol. The fourth-order valence-corrected chi connectivity index (χ4v) is 3.65. The molecule has 1 aliphatic rings. The number of hydrogen-bond acceptors (Lipinski definition) is 3. The Kier molecular flexibility index (Phi) is 6.20. The van der Waals surface area contributed by atoms with Gasteiger partial charge in [-0.05, 0) is 73.9 Å². The zero-order valence-electron chi connectivity index (χ0n) is 13.5. The molecule has 2 unspecified atom stereocenters. The van der Waals surface area contributed by atoms with Crippen molar-refractivity contribution in [2.45, 2.75) is 58.0 Å². The lowest BCUT2D eigenvalue weighted by Crippen LogP contribution is -2.59. The maximum absolute atomic E-state index is 4.57. The first-order chi connectivity index (χ1) is 10.1. The van der Waals surface area contributed by atoms with Crippen LogP contribution in [-0.4, -0.2) is 41.1 Å². The number of pyridine rings is 1. The molecule has 3 nitrogen and oxygen atoms in total. The van der Waals surface area contributed by atoms with E-state index in [-0.39, 0.29) is 5.54 Å². The van der Waals surface area contributed by atoms with Crippen molar-refractivity contribution in [3.05, 3.63) is 28.5 Å². The monoisotopic (exact) mass is 353 g/mol. The van der Waals surface area contributed by atoms with Gasteiger partial charge in [0.05, 0.1) is 0 Å². The number of likely N-dealkylation sites (tertiary alicyclic amines) is 1. The molecule has 1 aliphatic heterocycles. The molecule has 2 heterocycles. The summed E-state index contributed by atoms with van der Waals surface area (Å²) in [5.74, 6) is 0. The van der Waals surface area contributed by atoms with E-state index in [1.54, 1.807) is 0 Å². The molecule has 1 fully saturated rings. The zero-order chi connectivity index (χ0) is 15.3. The van der Waals surface area contributed by atoms with Crippen molar-refractivity contribution in [3.8, 4) is 0 Å². The van der Waals surface area contributed by atoms with E-state index in [0.717, 1.165) is 17.4 Å².